The lowest BCUT2D eigenvalue weighted by molar-refractivity contribution is -0.376. The number of fused-ring (bicyclic) bond motifs is 5. The highest BCUT2D eigenvalue weighted by Crippen LogP contribution is 2.69. The summed E-state index contributed by atoms with van der Waals surface area (Å²) in [4.78, 5) is 112. The van der Waals surface area contributed by atoms with E-state index in [1.807, 2.05) is 0 Å². The van der Waals surface area contributed by atoms with Crippen LogP contribution in [0.1, 0.15) is 84.3 Å². The van der Waals surface area contributed by atoms with Gasteiger partial charge in [-0.25, -0.2) is 4.79 Å². The van der Waals surface area contributed by atoms with Gasteiger partial charge in [-0.05, 0) is 26.0 Å². The van der Waals surface area contributed by atoms with Crippen molar-refractivity contribution in [1.29, 1.82) is 0 Å². The average Bonchev–Trinajstić information content (AvgIpc) is 3.30. The fourth-order valence-electron chi connectivity index (χ4n) is 8.70. The molecule has 18 nitrogen and oxygen atoms in total. The third-order valence-corrected chi connectivity index (χ3v) is 10.9. The Labute approximate surface area is 309 Å². The minimum atomic E-state index is -2.82. The van der Waals surface area contributed by atoms with Crippen molar-refractivity contribution < 1.29 is 81.4 Å². The molecule has 18 heteroatoms. The molecule has 4 aliphatic rings. The lowest BCUT2D eigenvalue weighted by Crippen LogP contribution is -2.88. The monoisotopic (exact) mass is 761 g/mol. The first-order valence-corrected chi connectivity index (χ1v) is 17.2. The van der Waals surface area contributed by atoms with Crippen LogP contribution in [0.4, 0.5) is 0 Å². The van der Waals surface area contributed by atoms with Crippen LogP contribution in [0.25, 0.3) is 0 Å². The van der Waals surface area contributed by atoms with Gasteiger partial charge in [0.15, 0.2) is 35.8 Å². The van der Waals surface area contributed by atoms with Crippen molar-refractivity contribution in [3.63, 3.8) is 0 Å². The standard InChI is InChI=1S/C36H43NO17/c1-15-16(2)31(44)53-29-26(49-18(4)39)30(52-21(7)42)35(14-47-17(3)38)28(51-20(6)41)25(43)23-27(50-19(5)40)36(35,34(29,9)46)54-33(23,8)13-48-32(45)22-11-10-12-37-24(15)22/h10-12,15-16,23,26-30,46H,13-14H2,1-9H3/t15-,16-,23-,26-,27+,28+,29-,30-,33-,34-,35+,36-/m0/s1. The Bertz CT molecular complexity index is 1790. The summed E-state index contributed by atoms with van der Waals surface area (Å²) < 4.78 is 47.3. The molecule has 1 aromatic heterocycles. The SMILES string of the molecule is CC(=O)OC[C@]12[C@H](OC(C)=O)C(=O)[C@H]3[C@@H](OC(C)=O)[C@@]14O[C@@]3(C)COC(=O)c1cccnc1[C@@H](C)[C@H](C)C(=O)O[C@@H]([C@H](OC(C)=O)[C@@H]2OC(C)=O)[C@]4(C)O. The quantitative estimate of drug-likeness (QED) is 0.309. The van der Waals surface area contributed by atoms with Gasteiger partial charge in [-0.2, -0.15) is 0 Å². The van der Waals surface area contributed by atoms with E-state index in [1.54, 1.807) is 6.92 Å². The van der Waals surface area contributed by atoms with E-state index in [0.717, 1.165) is 41.5 Å². The minimum absolute atomic E-state index is 0.0470. The van der Waals surface area contributed by atoms with Crippen LogP contribution in [0.2, 0.25) is 0 Å². The number of rotatable bonds is 6. The van der Waals surface area contributed by atoms with Crippen LogP contribution < -0.4 is 0 Å². The summed E-state index contributed by atoms with van der Waals surface area (Å²) in [6.45, 7) is 8.38. The molecule has 0 radical (unpaired) electrons. The second kappa shape index (κ2) is 14.0. The molecule has 12 atom stereocenters. The third-order valence-electron chi connectivity index (χ3n) is 10.9. The number of hydrogen-bond acceptors (Lipinski definition) is 18. The summed E-state index contributed by atoms with van der Waals surface area (Å²) in [5.74, 6) is -12.0. The molecule has 3 fully saturated rings. The lowest BCUT2D eigenvalue weighted by atomic mass is 9.45. The van der Waals surface area contributed by atoms with E-state index < -0.39 is 131 Å². The number of carbonyl (C=O) groups excluding carboxylic acids is 8. The molecule has 0 amide bonds. The first-order chi connectivity index (χ1) is 25.1. The largest absolute Gasteiger partial charge is 0.465 e. The predicted octanol–water partition coefficient (Wildman–Crippen LogP) is 0.671. The lowest BCUT2D eigenvalue weighted by Gasteiger charge is -2.66. The first kappa shape index (κ1) is 40.2. The molecule has 54 heavy (non-hydrogen) atoms. The second-order valence-corrected chi connectivity index (χ2v) is 14.6. The zero-order valence-electron chi connectivity index (χ0n) is 31.2. The molecular formula is C36H43NO17. The summed E-state index contributed by atoms with van der Waals surface area (Å²) in [5.41, 5.74) is -10.2. The fraction of sp³-hybridized carbons (Fsp3) is 0.639. The van der Waals surface area contributed by atoms with Crippen LogP contribution in [0.3, 0.4) is 0 Å². The van der Waals surface area contributed by atoms with E-state index in [0.29, 0.717) is 0 Å². The first-order valence-electron chi connectivity index (χ1n) is 17.2. The molecule has 2 aliphatic heterocycles. The van der Waals surface area contributed by atoms with Gasteiger partial charge in [0.1, 0.15) is 35.9 Å². The van der Waals surface area contributed by atoms with Crippen molar-refractivity contribution in [3.8, 4) is 0 Å². The van der Waals surface area contributed by atoms with E-state index in [-0.39, 0.29) is 11.3 Å². The van der Waals surface area contributed by atoms with Gasteiger partial charge in [0.05, 0.1) is 23.1 Å². The van der Waals surface area contributed by atoms with Gasteiger partial charge in [-0.1, -0.05) is 13.8 Å². The zero-order valence-corrected chi connectivity index (χ0v) is 31.2. The van der Waals surface area contributed by atoms with Gasteiger partial charge >= 0.3 is 41.8 Å². The summed E-state index contributed by atoms with van der Waals surface area (Å²) in [7, 11) is 0. The molecular weight excluding hydrogens is 718 g/mol. The van der Waals surface area contributed by atoms with Crippen molar-refractivity contribution in [2.45, 2.75) is 116 Å². The van der Waals surface area contributed by atoms with Crippen LogP contribution in [-0.4, -0.2) is 118 Å². The van der Waals surface area contributed by atoms with Crippen molar-refractivity contribution in [2.24, 2.45) is 17.3 Å². The van der Waals surface area contributed by atoms with Crippen LogP contribution in [-0.2, 0) is 71.5 Å². The molecule has 2 saturated carbocycles. The topological polar surface area (TPSA) is 244 Å². The van der Waals surface area contributed by atoms with Crippen LogP contribution in [0.15, 0.2) is 18.3 Å². The molecule has 1 aromatic rings. The minimum Gasteiger partial charge on any atom is -0.465 e. The van der Waals surface area contributed by atoms with Gasteiger partial charge in [-0.15, -0.1) is 0 Å². The van der Waals surface area contributed by atoms with Gasteiger partial charge in [0, 0.05) is 46.7 Å². The number of ketones is 1. The number of aliphatic hydroxyl groups is 1. The Kier molecular flexibility index (Phi) is 10.4. The van der Waals surface area contributed by atoms with E-state index >= 15 is 4.79 Å². The molecule has 0 aromatic carbocycles. The van der Waals surface area contributed by atoms with Crippen LogP contribution in [0, 0.1) is 17.3 Å². The number of esters is 7. The maximum absolute atomic E-state index is 15.1. The van der Waals surface area contributed by atoms with Crippen molar-refractivity contribution in [3.05, 3.63) is 29.6 Å². The third kappa shape index (κ3) is 6.08. The summed E-state index contributed by atoms with van der Waals surface area (Å²) in [6.07, 6.45) is -9.01. The number of cyclic esters (lactones) is 1. The summed E-state index contributed by atoms with van der Waals surface area (Å²) >= 11 is 0. The molecule has 1 spiro atoms. The molecule has 0 unspecified atom stereocenters. The Morgan fingerprint density at radius 2 is 1.44 bits per heavy atom. The zero-order chi connectivity index (χ0) is 40.3. The van der Waals surface area contributed by atoms with Gasteiger partial charge in [-0.3, -0.25) is 38.5 Å². The number of ether oxygens (including phenoxy) is 8. The number of Topliss-reactive ketones (excluding diaryl/α,β-unsaturated/α-hetero) is 1. The maximum Gasteiger partial charge on any atom is 0.340 e. The van der Waals surface area contributed by atoms with Gasteiger partial charge in [0.25, 0.3) is 0 Å². The van der Waals surface area contributed by atoms with E-state index in [4.69, 9.17) is 37.9 Å². The molecule has 5 rings (SSSR count). The maximum atomic E-state index is 15.1. The average molecular weight is 762 g/mol. The van der Waals surface area contributed by atoms with Crippen molar-refractivity contribution in [1.82, 2.24) is 4.98 Å². The molecule has 2 aliphatic carbocycles. The normalized spacial score (nSPS) is 38.4. The van der Waals surface area contributed by atoms with Crippen molar-refractivity contribution >= 4 is 47.6 Å². The van der Waals surface area contributed by atoms with Crippen LogP contribution in [0.5, 0.6) is 0 Å². The summed E-state index contributed by atoms with van der Waals surface area (Å²) in [6, 6.07) is 2.88. The smallest absolute Gasteiger partial charge is 0.340 e. The number of pyridine rings is 1. The highest BCUT2D eigenvalue weighted by atomic mass is 16.7. The Morgan fingerprint density at radius 3 is 2.02 bits per heavy atom. The Hall–Kier alpha value is -4.97. The van der Waals surface area contributed by atoms with Gasteiger partial charge in [0.2, 0.25) is 0 Å². The highest BCUT2D eigenvalue weighted by Gasteiger charge is 2.91. The summed E-state index contributed by atoms with van der Waals surface area (Å²) in [5, 5.41) is 13.2. The second-order valence-electron chi connectivity index (χ2n) is 14.6. The van der Waals surface area contributed by atoms with Gasteiger partial charge < -0.3 is 43.0 Å². The number of nitrogens with zero attached hydrogens (tertiary/aromatic N) is 1. The van der Waals surface area contributed by atoms with E-state index in [1.165, 1.54) is 32.2 Å². The van der Waals surface area contributed by atoms with Crippen molar-refractivity contribution in [2.75, 3.05) is 13.2 Å². The Balaban J connectivity index is 1.97. The van der Waals surface area contributed by atoms with E-state index in [9.17, 15) is 38.7 Å². The van der Waals surface area contributed by atoms with Crippen LogP contribution >= 0.6 is 0 Å². The molecule has 4 bridgehead atoms. The molecule has 1 saturated heterocycles. The van der Waals surface area contributed by atoms with E-state index in [2.05, 4.69) is 4.98 Å². The fourth-order valence-corrected chi connectivity index (χ4v) is 8.70. The molecule has 3 heterocycles. The molecule has 294 valence electrons. The predicted molar refractivity (Wildman–Crippen MR) is 175 cm³/mol. The number of carbonyl (C=O) groups is 8. The number of aromatic nitrogens is 1. The highest BCUT2D eigenvalue weighted by molar-refractivity contribution is 5.94. The molecule has 1 N–H and O–H groups in total. The number of hydrogen-bond donors (Lipinski definition) is 1. The Morgan fingerprint density at radius 1 is 0.852 bits per heavy atom.